The molecule has 23 heavy (non-hydrogen) atoms. The first-order valence-corrected chi connectivity index (χ1v) is 8.54. The topological polar surface area (TPSA) is 59.8 Å². The third kappa shape index (κ3) is 3.12. The van der Waals surface area contributed by atoms with Gasteiger partial charge in [-0.25, -0.2) is 4.98 Å². The van der Waals surface area contributed by atoms with Gasteiger partial charge in [-0.2, -0.15) is 9.78 Å². The van der Waals surface area contributed by atoms with Gasteiger partial charge < -0.3 is 5.32 Å². The molecule has 0 radical (unpaired) electrons. The number of amides is 1. The highest BCUT2D eigenvalue weighted by Gasteiger charge is 2.15. The summed E-state index contributed by atoms with van der Waals surface area (Å²) in [5, 5.41) is 8.19. The average Bonchev–Trinajstić information content (AvgIpc) is 3.02. The van der Waals surface area contributed by atoms with Crippen LogP contribution in [0.1, 0.15) is 36.6 Å². The molecule has 120 valence electrons. The highest BCUT2D eigenvalue weighted by atomic mass is 32.1. The van der Waals surface area contributed by atoms with Gasteiger partial charge in [0.05, 0.1) is 15.9 Å². The Morgan fingerprint density at radius 2 is 2.04 bits per heavy atom. The summed E-state index contributed by atoms with van der Waals surface area (Å²) in [6, 6.07) is 6.14. The molecule has 0 spiro atoms. The van der Waals surface area contributed by atoms with Crippen LogP contribution in [0.2, 0.25) is 0 Å². The van der Waals surface area contributed by atoms with Crippen molar-refractivity contribution >= 4 is 33.3 Å². The van der Waals surface area contributed by atoms with E-state index in [2.05, 4.69) is 36.4 Å². The predicted octanol–water partition coefficient (Wildman–Crippen LogP) is 4.15. The van der Waals surface area contributed by atoms with E-state index >= 15 is 0 Å². The third-order valence-corrected chi connectivity index (χ3v) is 4.55. The SMILES string of the molecule is CCCC(=O)Nc1cc(C)nn1-c1nc2c(C)cc(C)cc2s1. The molecule has 0 saturated heterocycles. The number of aryl methyl sites for hydroxylation is 3. The minimum absolute atomic E-state index is 0.00165. The first-order valence-electron chi connectivity index (χ1n) is 7.72. The molecule has 2 aromatic heterocycles. The Morgan fingerprint density at radius 1 is 1.26 bits per heavy atom. The molecule has 0 fully saturated rings. The fourth-order valence-electron chi connectivity index (χ4n) is 2.62. The number of carbonyl (C=O) groups is 1. The van der Waals surface area contributed by atoms with Crippen molar-refractivity contribution in [1.29, 1.82) is 0 Å². The molecule has 1 aromatic carbocycles. The van der Waals surface area contributed by atoms with Crippen LogP contribution >= 0.6 is 11.3 Å². The molecule has 0 atom stereocenters. The maximum Gasteiger partial charge on any atom is 0.225 e. The summed E-state index contributed by atoms with van der Waals surface area (Å²) < 4.78 is 2.86. The van der Waals surface area contributed by atoms with Crippen molar-refractivity contribution in [3.8, 4) is 5.13 Å². The quantitative estimate of drug-likeness (QED) is 0.783. The van der Waals surface area contributed by atoms with Crippen molar-refractivity contribution in [2.75, 3.05) is 5.32 Å². The van der Waals surface area contributed by atoms with Gasteiger partial charge in [0.1, 0.15) is 5.82 Å². The number of rotatable bonds is 4. The molecule has 1 amide bonds. The molecule has 3 rings (SSSR count). The zero-order valence-corrected chi connectivity index (χ0v) is 14.6. The zero-order chi connectivity index (χ0) is 16.6. The molecule has 3 aromatic rings. The lowest BCUT2D eigenvalue weighted by Crippen LogP contribution is -2.14. The third-order valence-electron chi connectivity index (χ3n) is 3.58. The molecule has 0 aliphatic heterocycles. The van der Waals surface area contributed by atoms with Gasteiger partial charge in [-0.05, 0) is 44.4 Å². The number of benzene rings is 1. The fraction of sp³-hybridized carbons (Fsp3) is 0.353. The predicted molar refractivity (Wildman–Crippen MR) is 94.5 cm³/mol. The van der Waals surface area contributed by atoms with E-state index in [1.165, 1.54) is 5.56 Å². The summed E-state index contributed by atoms with van der Waals surface area (Å²) in [6.45, 7) is 8.05. The Hall–Kier alpha value is -2.21. The van der Waals surface area contributed by atoms with Crippen molar-refractivity contribution in [3.63, 3.8) is 0 Å². The number of fused-ring (bicyclic) bond motifs is 1. The van der Waals surface area contributed by atoms with E-state index < -0.39 is 0 Å². The highest BCUT2D eigenvalue weighted by Crippen LogP contribution is 2.30. The van der Waals surface area contributed by atoms with Crippen LogP contribution in [-0.4, -0.2) is 20.7 Å². The van der Waals surface area contributed by atoms with Crippen LogP contribution < -0.4 is 5.32 Å². The molecule has 0 aliphatic rings. The van der Waals surface area contributed by atoms with Crippen LogP contribution in [0.15, 0.2) is 18.2 Å². The van der Waals surface area contributed by atoms with Crippen LogP contribution in [0.25, 0.3) is 15.3 Å². The van der Waals surface area contributed by atoms with Crippen LogP contribution in [0.4, 0.5) is 5.82 Å². The maximum atomic E-state index is 11.9. The second-order valence-corrected chi connectivity index (χ2v) is 6.82. The van der Waals surface area contributed by atoms with Crippen LogP contribution in [0, 0.1) is 20.8 Å². The first kappa shape index (κ1) is 15.7. The van der Waals surface area contributed by atoms with Crippen molar-refractivity contribution in [1.82, 2.24) is 14.8 Å². The summed E-state index contributed by atoms with van der Waals surface area (Å²) in [4.78, 5) is 16.6. The summed E-state index contributed by atoms with van der Waals surface area (Å²) >= 11 is 1.58. The molecule has 5 nitrogen and oxygen atoms in total. The Labute approximate surface area is 139 Å². The average molecular weight is 328 g/mol. The highest BCUT2D eigenvalue weighted by molar-refractivity contribution is 7.20. The Bertz CT molecular complexity index is 878. The van der Waals surface area contributed by atoms with E-state index in [4.69, 9.17) is 4.98 Å². The zero-order valence-electron chi connectivity index (χ0n) is 13.8. The normalized spacial score (nSPS) is 11.1. The van der Waals surface area contributed by atoms with Crippen LogP contribution in [0.5, 0.6) is 0 Å². The summed E-state index contributed by atoms with van der Waals surface area (Å²) in [5.41, 5.74) is 4.22. The minimum atomic E-state index is 0.00165. The van der Waals surface area contributed by atoms with E-state index in [0.717, 1.165) is 33.0 Å². The number of thiazole rings is 1. The molecule has 6 heteroatoms. The smallest absolute Gasteiger partial charge is 0.225 e. The molecule has 1 N–H and O–H groups in total. The number of anilines is 1. The standard InChI is InChI=1S/C17H20N4OS/c1-5-6-15(22)18-14-9-12(4)20-21(14)17-19-16-11(3)7-10(2)8-13(16)23-17/h7-9H,5-6H2,1-4H3,(H,18,22). The van der Waals surface area contributed by atoms with Gasteiger partial charge in [0.2, 0.25) is 11.0 Å². The molecule has 2 heterocycles. The van der Waals surface area contributed by atoms with Crippen LogP contribution in [0.3, 0.4) is 0 Å². The van der Waals surface area contributed by atoms with E-state index in [0.29, 0.717) is 12.2 Å². The molecular formula is C17H20N4OS. The van der Waals surface area contributed by atoms with Crippen molar-refractivity contribution in [3.05, 3.63) is 35.0 Å². The number of aromatic nitrogens is 3. The largest absolute Gasteiger partial charge is 0.311 e. The van der Waals surface area contributed by atoms with Crippen molar-refractivity contribution in [2.24, 2.45) is 0 Å². The first-order chi connectivity index (χ1) is 11.0. The van der Waals surface area contributed by atoms with Crippen molar-refractivity contribution < 1.29 is 4.79 Å². The van der Waals surface area contributed by atoms with E-state index in [-0.39, 0.29) is 5.91 Å². The van der Waals surface area contributed by atoms with E-state index in [9.17, 15) is 4.79 Å². The lowest BCUT2D eigenvalue weighted by Gasteiger charge is -2.05. The Morgan fingerprint density at radius 3 is 2.78 bits per heavy atom. The molecule has 0 aliphatic carbocycles. The second kappa shape index (κ2) is 6.12. The minimum Gasteiger partial charge on any atom is -0.311 e. The van der Waals surface area contributed by atoms with Gasteiger partial charge in [-0.15, -0.1) is 0 Å². The van der Waals surface area contributed by atoms with Gasteiger partial charge in [0.15, 0.2) is 0 Å². The van der Waals surface area contributed by atoms with Gasteiger partial charge in [0, 0.05) is 12.5 Å². The lowest BCUT2D eigenvalue weighted by molar-refractivity contribution is -0.116. The molecule has 0 unspecified atom stereocenters. The number of hydrogen-bond acceptors (Lipinski definition) is 4. The van der Waals surface area contributed by atoms with Gasteiger partial charge in [-0.1, -0.05) is 24.3 Å². The number of nitrogens with zero attached hydrogens (tertiary/aromatic N) is 3. The summed E-state index contributed by atoms with van der Waals surface area (Å²) in [6.07, 6.45) is 1.32. The summed E-state index contributed by atoms with van der Waals surface area (Å²) in [7, 11) is 0. The Balaban J connectivity index is 2.05. The summed E-state index contributed by atoms with van der Waals surface area (Å²) in [5.74, 6) is 0.677. The molecule has 0 bridgehead atoms. The van der Waals surface area contributed by atoms with Gasteiger partial charge in [0.25, 0.3) is 0 Å². The van der Waals surface area contributed by atoms with Crippen LogP contribution in [-0.2, 0) is 4.79 Å². The van der Waals surface area contributed by atoms with E-state index in [1.807, 2.05) is 19.9 Å². The number of nitrogens with one attached hydrogen (secondary N) is 1. The Kier molecular flexibility index (Phi) is 4.17. The number of hydrogen-bond donors (Lipinski definition) is 1. The van der Waals surface area contributed by atoms with E-state index in [1.54, 1.807) is 16.0 Å². The fourth-order valence-corrected chi connectivity index (χ4v) is 3.72. The molecular weight excluding hydrogens is 308 g/mol. The number of carbonyl (C=O) groups excluding carboxylic acids is 1. The van der Waals surface area contributed by atoms with Crippen molar-refractivity contribution in [2.45, 2.75) is 40.5 Å². The monoisotopic (exact) mass is 328 g/mol. The van der Waals surface area contributed by atoms with Gasteiger partial charge >= 0.3 is 0 Å². The van der Waals surface area contributed by atoms with Gasteiger partial charge in [-0.3, -0.25) is 4.79 Å². The molecule has 0 saturated carbocycles. The maximum absolute atomic E-state index is 11.9. The lowest BCUT2D eigenvalue weighted by atomic mass is 10.1. The second-order valence-electron chi connectivity index (χ2n) is 5.81.